The highest BCUT2D eigenvalue weighted by molar-refractivity contribution is 9.12. The zero-order chi connectivity index (χ0) is 8.15. The second kappa shape index (κ2) is 4.05. The molecule has 0 spiro atoms. The van der Waals surface area contributed by atoms with Gasteiger partial charge < -0.3 is 10.2 Å². The van der Waals surface area contributed by atoms with Gasteiger partial charge in [0.2, 0.25) is 0 Å². The Morgan fingerprint density at radius 2 is 1.90 bits per heavy atom. The van der Waals surface area contributed by atoms with E-state index >= 15 is 0 Å². The van der Waals surface area contributed by atoms with Gasteiger partial charge in [-0.25, -0.2) is 4.79 Å². The molecule has 0 aromatic heterocycles. The van der Waals surface area contributed by atoms with Crippen LogP contribution < -0.4 is 0 Å². The van der Waals surface area contributed by atoms with Gasteiger partial charge in [0.05, 0.1) is 10.9 Å². The fourth-order valence-corrected chi connectivity index (χ4v) is 0.426. The largest absolute Gasteiger partial charge is 0.481 e. The predicted octanol–water partition coefficient (Wildman–Crippen LogP) is 0.825. The fourth-order valence-electron chi connectivity index (χ4n) is 0.264. The van der Waals surface area contributed by atoms with Crippen molar-refractivity contribution in [3.05, 3.63) is 10.6 Å². The van der Waals surface area contributed by atoms with Crippen LogP contribution in [0.1, 0.15) is 6.42 Å². The first-order valence-corrected chi connectivity index (χ1v) is 3.14. The predicted molar refractivity (Wildman–Crippen MR) is 36.9 cm³/mol. The summed E-state index contributed by atoms with van der Waals surface area (Å²) in [7, 11) is 0. The summed E-state index contributed by atoms with van der Waals surface area (Å²) < 4.78 is -0.130. The van der Waals surface area contributed by atoms with Crippen LogP contribution in [0.15, 0.2) is 10.6 Å². The number of carboxylic acids is 2. The number of aliphatic carboxylic acids is 2. The molecule has 10 heavy (non-hydrogen) atoms. The average molecular weight is 209 g/mol. The first kappa shape index (κ1) is 9.16. The van der Waals surface area contributed by atoms with Gasteiger partial charge in [-0.2, -0.15) is 0 Å². The van der Waals surface area contributed by atoms with Gasteiger partial charge in [-0.1, -0.05) is 6.08 Å². The molecular weight excluding hydrogens is 204 g/mol. The molecule has 0 unspecified atom stereocenters. The number of carbonyl (C=O) groups is 2. The first-order chi connectivity index (χ1) is 4.54. The van der Waals surface area contributed by atoms with Gasteiger partial charge in [0.1, 0.15) is 0 Å². The lowest BCUT2D eigenvalue weighted by Crippen LogP contribution is -1.96. The smallest absolute Gasteiger partial charge is 0.342 e. The Morgan fingerprint density at radius 3 is 2.20 bits per heavy atom. The van der Waals surface area contributed by atoms with Crippen LogP contribution in [0, 0.1) is 0 Å². The maximum atomic E-state index is 10.0. The van der Waals surface area contributed by atoms with Crippen molar-refractivity contribution in [2.45, 2.75) is 6.42 Å². The Bertz CT molecular complexity index is 184. The van der Waals surface area contributed by atoms with Gasteiger partial charge in [-0.05, 0) is 15.9 Å². The summed E-state index contributed by atoms with van der Waals surface area (Å²) >= 11 is 2.67. The van der Waals surface area contributed by atoms with E-state index in [-0.39, 0.29) is 10.9 Å². The third kappa shape index (κ3) is 4.08. The first-order valence-electron chi connectivity index (χ1n) is 2.34. The molecule has 0 aromatic rings. The molecule has 4 nitrogen and oxygen atoms in total. The van der Waals surface area contributed by atoms with Crippen LogP contribution in [0.25, 0.3) is 0 Å². The number of halogens is 1. The maximum Gasteiger partial charge on any atom is 0.342 e. The summed E-state index contributed by atoms with van der Waals surface area (Å²) in [6, 6.07) is 0. The highest BCUT2D eigenvalue weighted by Gasteiger charge is 2.01. The minimum Gasteiger partial charge on any atom is -0.481 e. The molecule has 0 saturated carbocycles. The van der Waals surface area contributed by atoms with E-state index in [1.807, 2.05) is 0 Å². The number of hydrogen-bond donors (Lipinski definition) is 2. The van der Waals surface area contributed by atoms with E-state index in [9.17, 15) is 9.59 Å². The number of hydrogen-bond acceptors (Lipinski definition) is 2. The Labute approximate surface area is 65.3 Å². The lowest BCUT2D eigenvalue weighted by Gasteiger charge is -1.87. The topological polar surface area (TPSA) is 74.6 Å². The quantitative estimate of drug-likeness (QED) is 0.674. The summed E-state index contributed by atoms with van der Waals surface area (Å²) in [5.41, 5.74) is 0. The van der Waals surface area contributed by atoms with E-state index in [2.05, 4.69) is 15.9 Å². The fraction of sp³-hybridized carbons (Fsp3) is 0.200. The monoisotopic (exact) mass is 208 g/mol. The Hall–Kier alpha value is -0.840. The van der Waals surface area contributed by atoms with E-state index in [0.29, 0.717) is 0 Å². The highest BCUT2D eigenvalue weighted by Crippen LogP contribution is 2.05. The molecule has 0 radical (unpaired) electrons. The summed E-state index contributed by atoms with van der Waals surface area (Å²) in [5.74, 6) is -2.22. The molecule has 0 heterocycles. The number of carboxylic acid groups (broad SMARTS) is 2. The zero-order valence-corrected chi connectivity index (χ0v) is 6.46. The molecule has 2 N–H and O–H groups in total. The summed E-state index contributed by atoms with van der Waals surface area (Å²) in [6.07, 6.45) is 0.789. The van der Waals surface area contributed by atoms with Crippen LogP contribution in [0.5, 0.6) is 0 Å². The molecule has 0 rings (SSSR count). The van der Waals surface area contributed by atoms with Crippen LogP contribution >= 0.6 is 15.9 Å². The zero-order valence-electron chi connectivity index (χ0n) is 4.87. The molecule has 0 saturated heterocycles. The average Bonchev–Trinajstić information content (AvgIpc) is 1.82. The minimum absolute atomic E-state index is 0.130. The van der Waals surface area contributed by atoms with Crippen LogP contribution in [-0.4, -0.2) is 22.2 Å². The summed E-state index contributed by atoms with van der Waals surface area (Å²) in [5, 5.41) is 16.3. The number of rotatable bonds is 3. The van der Waals surface area contributed by atoms with Crippen molar-refractivity contribution in [1.29, 1.82) is 0 Å². The normalized spacial score (nSPS) is 11.1. The standard InChI is InChI=1S/C5H5BrO4/c6-3(5(9)10)1-2-4(7)8/h1H,2H2,(H,7,8)(H,9,10). The lowest BCUT2D eigenvalue weighted by molar-refractivity contribution is -0.136. The van der Waals surface area contributed by atoms with Crippen molar-refractivity contribution < 1.29 is 19.8 Å². The van der Waals surface area contributed by atoms with E-state index in [1.165, 1.54) is 0 Å². The summed E-state index contributed by atoms with van der Waals surface area (Å²) in [6.45, 7) is 0. The molecule has 0 bridgehead atoms. The van der Waals surface area contributed by atoms with Crippen molar-refractivity contribution in [3.8, 4) is 0 Å². The van der Waals surface area contributed by atoms with Crippen molar-refractivity contribution in [3.63, 3.8) is 0 Å². The van der Waals surface area contributed by atoms with Gasteiger partial charge >= 0.3 is 11.9 Å². The van der Waals surface area contributed by atoms with Gasteiger partial charge in [-0.3, -0.25) is 4.79 Å². The van der Waals surface area contributed by atoms with Crippen molar-refractivity contribution >= 4 is 27.9 Å². The molecule has 5 heteroatoms. The third-order valence-corrected chi connectivity index (χ3v) is 1.32. The Morgan fingerprint density at radius 1 is 1.40 bits per heavy atom. The minimum atomic E-state index is -1.17. The molecule has 0 aliphatic heterocycles. The van der Waals surface area contributed by atoms with Crippen LogP contribution in [0.3, 0.4) is 0 Å². The lowest BCUT2D eigenvalue weighted by atomic mass is 10.4. The van der Waals surface area contributed by atoms with Crippen molar-refractivity contribution in [1.82, 2.24) is 0 Å². The molecule has 0 aromatic carbocycles. The van der Waals surface area contributed by atoms with Crippen LogP contribution in [0.2, 0.25) is 0 Å². The molecule has 0 aliphatic carbocycles. The molecular formula is C5H5BrO4. The second-order valence-corrected chi connectivity index (χ2v) is 2.31. The van der Waals surface area contributed by atoms with Crippen molar-refractivity contribution in [2.24, 2.45) is 0 Å². The SMILES string of the molecule is O=C(O)CC=C(Br)C(=O)O. The molecule has 0 amide bonds. The summed E-state index contributed by atoms with van der Waals surface area (Å²) in [4.78, 5) is 19.9. The van der Waals surface area contributed by atoms with Crippen LogP contribution in [0.4, 0.5) is 0 Å². The Kier molecular flexibility index (Phi) is 3.71. The van der Waals surface area contributed by atoms with Crippen LogP contribution in [-0.2, 0) is 9.59 Å². The Balaban J connectivity index is 3.92. The maximum absolute atomic E-state index is 10.0. The van der Waals surface area contributed by atoms with Gasteiger partial charge in [-0.15, -0.1) is 0 Å². The van der Waals surface area contributed by atoms with E-state index in [4.69, 9.17) is 10.2 Å². The molecule has 56 valence electrons. The molecule has 0 fully saturated rings. The molecule has 0 aliphatic rings. The van der Waals surface area contributed by atoms with E-state index in [1.54, 1.807) is 0 Å². The van der Waals surface area contributed by atoms with Gasteiger partial charge in [0, 0.05) is 0 Å². The van der Waals surface area contributed by atoms with E-state index < -0.39 is 11.9 Å². The molecule has 0 atom stereocenters. The van der Waals surface area contributed by atoms with Gasteiger partial charge in [0.25, 0.3) is 0 Å². The van der Waals surface area contributed by atoms with Gasteiger partial charge in [0.15, 0.2) is 0 Å². The van der Waals surface area contributed by atoms with E-state index in [0.717, 1.165) is 6.08 Å². The third-order valence-electron chi connectivity index (χ3n) is 0.660. The van der Waals surface area contributed by atoms with Crippen molar-refractivity contribution in [2.75, 3.05) is 0 Å². The highest BCUT2D eigenvalue weighted by atomic mass is 79.9. The second-order valence-electron chi connectivity index (χ2n) is 1.46.